The number of nitrogens with zero attached hydrogens (tertiary/aromatic N) is 2. The second-order valence-electron chi connectivity index (χ2n) is 8.62. The maximum absolute atomic E-state index is 13.4. The zero-order valence-corrected chi connectivity index (χ0v) is 19.1. The number of anilines is 1. The number of amides is 2. The second-order valence-corrected chi connectivity index (χ2v) is 9.65. The van der Waals surface area contributed by atoms with Crippen LogP contribution in [-0.2, 0) is 4.79 Å². The smallest absolute Gasteiger partial charge is 0.406 e. The highest BCUT2D eigenvalue weighted by molar-refractivity contribution is 7.16. The van der Waals surface area contributed by atoms with Gasteiger partial charge in [0.2, 0.25) is 5.91 Å². The highest BCUT2D eigenvalue weighted by Crippen LogP contribution is 2.52. The number of piperidine rings is 1. The van der Waals surface area contributed by atoms with E-state index >= 15 is 0 Å². The Hall–Kier alpha value is -3.47. The summed E-state index contributed by atoms with van der Waals surface area (Å²) in [5, 5.41) is 3.33. The number of fused-ring (bicyclic) bond motifs is 1. The molecule has 35 heavy (non-hydrogen) atoms. The van der Waals surface area contributed by atoms with Crippen molar-refractivity contribution in [3.8, 4) is 16.3 Å². The van der Waals surface area contributed by atoms with Gasteiger partial charge < -0.3 is 15.0 Å². The van der Waals surface area contributed by atoms with Crippen LogP contribution in [0.4, 0.5) is 23.2 Å². The van der Waals surface area contributed by atoms with Gasteiger partial charge in [-0.3, -0.25) is 9.59 Å². The van der Waals surface area contributed by atoms with Crippen molar-refractivity contribution in [3.63, 3.8) is 0 Å². The van der Waals surface area contributed by atoms with E-state index in [9.17, 15) is 27.2 Å². The van der Waals surface area contributed by atoms with Crippen LogP contribution in [0.5, 0.6) is 5.75 Å². The van der Waals surface area contributed by atoms with Crippen LogP contribution in [0.3, 0.4) is 0 Å². The highest BCUT2D eigenvalue weighted by Gasteiger charge is 2.60. The number of nitrogens with one attached hydrogen (secondary N) is 1. The molecule has 3 aromatic rings. The van der Waals surface area contributed by atoms with Gasteiger partial charge in [0.15, 0.2) is 0 Å². The number of halogens is 4. The number of ether oxygens (including phenoxy) is 1. The summed E-state index contributed by atoms with van der Waals surface area (Å²) in [5.41, 5.74) is 1.56. The van der Waals surface area contributed by atoms with Crippen LogP contribution in [0.25, 0.3) is 10.6 Å². The van der Waals surface area contributed by atoms with Gasteiger partial charge in [0.25, 0.3) is 5.91 Å². The summed E-state index contributed by atoms with van der Waals surface area (Å²) in [5.74, 6) is -1.01. The monoisotopic (exact) mass is 505 g/mol. The summed E-state index contributed by atoms with van der Waals surface area (Å²) in [6.07, 6.45) is -3.31. The lowest BCUT2D eigenvalue weighted by atomic mass is 10.2. The van der Waals surface area contributed by atoms with Gasteiger partial charge in [-0.05, 0) is 66.8 Å². The summed E-state index contributed by atoms with van der Waals surface area (Å²) in [6, 6.07) is 9.70. The molecule has 2 amide bonds. The van der Waals surface area contributed by atoms with Gasteiger partial charge in [-0.15, -0.1) is 24.5 Å². The number of hydrogen-bond donors (Lipinski definition) is 1. The number of benzene rings is 2. The fourth-order valence-corrected chi connectivity index (χ4v) is 5.38. The quantitative estimate of drug-likeness (QED) is 0.489. The van der Waals surface area contributed by atoms with Crippen molar-refractivity contribution in [1.29, 1.82) is 0 Å². The normalized spacial score (nSPS) is 20.9. The first kappa shape index (κ1) is 23.3. The van der Waals surface area contributed by atoms with Crippen molar-refractivity contribution < 1.29 is 31.9 Å². The molecular weight excluding hydrogens is 486 g/mol. The molecule has 0 spiro atoms. The number of likely N-dealkylation sites (tertiary alicyclic amines) is 1. The van der Waals surface area contributed by atoms with E-state index in [4.69, 9.17) is 0 Å². The van der Waals surface area contributed by atoms with E-state index in [2.05, 4.69) is 15.0 Å². The lowest BCUT2D eigenvalue weighted by molar-refractivity contribution is -0.274. The first-order valence-corrected chi connectivity index (χ1v) is 11.6. The first-order valence-electron chi connectivity index (χ1n) is 10.8. The summed E-state index contributed by atoms with van der Waals surface area (Å²) in [7, 11) is 0. The van der Waals surface area contributed by atoms with Crippen LogP contribution in [0, 0.1) is 30.5 Å². The second kappa shape index (κ2) is 8.63. The topological polar surface area (TPSA) is 71.5 Å². The molecule has 1 saturated heterocycles. The van der Waals surface area contributed by atoms with Crippen LogP contribution >= 0.6 is 11.3 Å². The maximum atomic E-state index is 13.4. The lowest BCUT2D eigenvalue weighted by Crippen LogP contribution is -2.33. The number of carbonyl (C=O) groups is 2. The Morgan fingerprint density at radius 2 is 1.80 bits per heavy atom. The number of thiazole rings is 1. The zero-order valence-electron chi connectivity index (χ0n) is 18.3. The SMILES string of the molecule is Cc1cc(NC(=O)C2C3CN(C(=O)c4cnc(-c5ccc(OC(F)(F)F)cc5)s4)CC32)ccc1F. The third-order valence-corrected chi connectivity index (χ3v) is 7.30. The summed E-state index contributed by atoms with van der Waals surface area (Å²) in [4.78, 5) is 31.9. The Labute approximate surface area is 201 Å². The molecule has 5 rings (SSSR count). The molecule has 2 fully saturated rings. The molecule has 182 valence electrons. The van der Waals surface area contributed by atoms with Crippen molar-refractivity contribution in [3.05, 3.63) is 64.9 Å². The average molecular weight is 505 g/mol. The Morgan fingerprint density at radius 1 is 1.11 bits per heavy atom. The number of alkyl halides is 3. The van der Waals surface area contributed by atoms with E-state index in [0.29, 0.717) is 39.8 Å². The number of carbonyl (C=O) groups excluding carboxylic acids is 2. The fourth-order valence-electron chi connectivity index (χ4n) is 4.49. The zero-order chi connectivity index (χ0) is 24.9. The van der Waals surface area contributed by atoms with E-state index in [1.54, 1.807) is 17.9 Å². The first-order chi connectivity index (χ1) is 16.6. The van der Waals surface area contributed by atoms with Crippen molar-refractivity contribution >= 4 is 28.8 Å². The fraction of sp³-hybridized carbons (Fsp3) is 0.292. The average Bonchev–Trinajstić information content (AvgIpc) is 3.15. The van der Waals surface area contributed by atoms with Crippen molar-refractivity contribution in [1.82, 2.24) is 9.88 Å². The Morgan fingerprint density at radius 3 is 2.43 bits per heavy atom. The van der Waals surface area contributed by atoms with E-state index in [1.165, 1.54) is 42.6 Å². The third kappa shape index (κ3) is 4.86. The van der Waals surface area contributed by atoms with Gasteiger partial charge in [0.05, 0.1) is 6.20 Å². The van der Waals surface area contributed by atoms with E-state index in [-0.39, 0.29) is 41.1 Å². The number of aryl methyl sites for hydroxylation is 1. The molecule has 11 heteroatoms. The summed E-state index contributed by atoms with van der Waals surface area (Å²) < 4.78 is 54.3. The molecule has 2 aliphatic rings. The molecule has 0 bridgehead atoms. The molecule has 1 aliphatic heterocycles. The van der Waals surface area contributed by atoms with Gasteiger partial charge in [0, 0.05) is 30.3 Å². The molecule has 1 N–H and O–H groups in total. The molecular formula is C24H19F4N3O3S. The number of aromatic nitrogens is 1. The summed E-state index contributed by atoms with van der Waals surface area (Å²) >= 11 is 1.15. The minimum absolute atomic E-state index is 0.0778. The van der Waals surface area contributed by atoms with Crippen LogP contribution in [0.1, 0.15) is 15.2 Å². The third-order valence-electron chi connectivity index (χ3n) is 6.26. The van der Waals surface area contributed by atoms with Crippen LogP contribution < -0.4 is 10.1 Å². The number of rotatable bonds is 5. The molecule has 1 aliphatic carbocycles. The van der Waals surface area contributed by atoms with Crippen molar-refractivity contribution in [2.75, 3.05) is 18.4 Å². The van der Waals surface area contributed by atoms with Gasteiger partial charge in [-0.25, -0.2) is 9.37 Å². The maximum Gasteiger partial charge on any atom is 0.573 e. The molecule has 1 aromatic heterocycles. The molecule has 2 aromatic carbocycles. The van der Waals surface area contributed by atoms with Crippen LogP contribution in [0.15, 0.2) is 48.7 Å². The number of hydrogen-bond acceptors (Lipinski definition) is 5. The van der Waals surface area contributed by atoms with Gasteiger partial charge >= 0.3 is 6.36 Å². The van der Waals surface area contributed by atoms with Gasteiger partial charge in [-0.1, -0.05) is 0 Å². The van der Waals surface area contributed by atoms with Crippen LogP contribution in [-0.4, -0.2) is 41.2 Å². The van der Waals surface area contributed by atoms with E-state index in [1.807, 2.05) is 0 Å². The summed E-state index contributed by atoms with van der Waals surface area (Å²) in [6.45, 7) is 2.55. The molecule has 2 atom stereocenters. The largest absolute Gasteiger partial charge is 0.573 e. The Balaban J connectivity index is 1.17. The minimum Gasteiger partial charge on any atom is -0.406 e. The van der Waals surface area contributed by atoms with E-state index in [0.717, 1.165) is 11.3 Å². The molecule has 2 heterocycles. The van der Waals surface area contributed by atoms with Gasteiger partial charge in [0.1, 0.15) is 21.5 Å². The molecule has 6 nitrogen and oxygen atoms in total. The Kier molecular flexibility index (Phi) is 5.74. The molecule has 1 saturated carbocycles. The lowest BCUT2D eigenvalue weighted by Gasteiger charge is -2.18. The minimum atomic E-state index is -4.77. The van der Waals surface area contributed by atoms with Crippen molar-refractivity contribution in [2.24, 2.45) is 17.8 Å². The van der Waals surface area contributed by atoms with Crippen LogP contribution in [0.2, 0.25) is 0 Å². The predicted molar refractivity (Wildman–Crippen MR) is 120 cm³/mol. The van der Waals surface area contributed by atoms with Gasteiger partial charge in [-0.2, -0.15) is 0 Å². The standard InChI is InChI=1S/C24H19F4N3O3S/c1-12-8-14(4-7-18(12)25)30-21(32)20-16-10-31(11-17(16)20)23(33)19-9-29-22(35-19)13-2-5-15(6-3-13)34-24(26,27)28/h2-9,16-17,20H,10-11H2,1H3,(H,30,32). The Bertz CT molecular complexity index is 1280. The molecule has 0 radical (unpaired) electrons. The molecule has 2 unspecified atom stereocenters. The van der Waals surface area contributed by atoms with E-state index < -0.39 is 6.36 Å². The highest BCUT2D eigenvalue weighted by atomic mass is 32.1. The predicted octanol–water partition coefficient (Wildman–Crippen LogP) is 5.11. The van der Waals surface area contributed by atoms with Crippen molar-refractivity contribution in [2.45, 2.75) is 13.3 Å².